The van der Waals surface area contributed by atoms with Gasteiger partial charge in [0.15, 0.2) is 0 Å². The van der Waals surface area contributed by atoms with Crippen molar-refractivity contribution in [1.29, 1.82) is 0 Å². The van der Waals surface area contributed by atoms with Gasteiger partial charge in [0.1, 0.15) is 23.9 Å². The highest BCUT2D eigenvalue weighted by Gasteiger charge is 2.24. The van der Waals surface area contributed by atoms with Gasteiger partial charge in [0, 0.05) is 0 Å². The fourth-order valence-electron chi connectivity index (χ4n) is 2.55. The fourth-order valence-corrected chi connectivity index (χ4v) is 2.55. The summed E-state index contributed by atoms with van der Waals surface area (Å²) >= 11 is 0. The summed E-state index contributed by atoms with van der Waals surface area (Å²) in [6, 6.07) is 11.6. The van der Waals surface area contributed by atoms with Gasteiger partial charge in [0.2, 0.25) is 5.95 Å². The van der Waals surface area contributed by atoms with Crippen molar-refractivity contribution < 1.29 is 9.15 Å². The molecule has 22 heavy (non-hydrogen) atoms. The van der Waals surface area contributed by atoms with Crippen LogP contribution in [0.4, 0.5) is 5.95 Å². The quantitative estimate of drug-likeness (QED) is 0.804. The highest BCUT2D eigenvalue weighted by atomic mass is 16.5. The van der Waals surface area contributed by atoms with Gasteiger partial charge >= 0.3 is 0 Å². The number of furan rings is 1. The van der Waals surface area contributed by atoms with E-state index >= 15 is 0 Å². The lowest BCUT2D eigenvalue weighted by molar-refractivity contribution is 0.414. The van der Waals surface area contributed by atoms with Crippen molar-refractivity contribution >= 4 is 11.6 Å². The number of nitrogens with zero attached hydrogens (tertiary/aromatic N) is 3. The summed E-state index contributed by atoms with van der Waals surface area (Å²) in [6.45, 7) is 0. The minimum Gasteiger partial charge on any atom is -0.497 e. The number of hydrogen-bond acceptors (Lipinski definition) is 5. The molecule has 3 heterocycles. The van der Waals surface area contributed by atoms with E-state index in [0.717, 1.165) is 22.8 Å². The smallest absolute Gasteiger partial charge is 0.226 e. The number of allylic oxidation sites excluding steroid dienone is 1. The summed E-state index contributed by atoms with van der Waals surface area (Å²) in [7, 11) is 1.66. The van der Waals surface area contributed by atoms with Crippen molar-refractivity contribution in [3.05, 3.63) is 66.4 Å². The molecule has 0 amide bonds. The van der Waals surface area contributed by atoms with E-state index in [1.165, 1.54) is 6.33 Å². The third-order valence-corrected chi connectivity index (χ3v) is 3.65. The van der Waals surface area contributed by atoms with Crippen molar-refractivity contribution in [2.24, 2.45) is 0 Å². The first-order valence-electron chi connectivity index (χ1n) is 6.91. The van der Waals surface area contributed by atoms with Gasteiger partial charge in [-0.05, 0) is 35.9 Å². The van der Waals surface area contributed by atoms with Crippen LogP contribution in [0.5, 0.6) is 5.75 Å². The van der Waals surface area contributed by atoms with Crippen molar-refractivity contribution in [2.75, 3.05) is 12.4 Å². The monoisotopic (exact) mass is 294 g/mol. The lowest BCUT2D eigenvalue weighted by Crippen LogP contribution is -2.20. The zero-order valence-corrected chi connectivity index (χ0v) is 11.9. The normalized spacial score (nSPS) is 16.6. The Morgan fingerprint density at radius 1 is 1.23 bits per heavy atom. The number of methoxy groups -OCH3 is 1. The van der Waals surface area contributed by atoms with E-state index in [9.17, 15) is 0 Å². The van der Waals surface area contributed by atoms with Crippen molar-refractivity contribution in [1.82, 2.24) is 14.8 Å². The molecule has 6 heteroatoms. The van der Waals surface area contributed by atoms with Crippen LogP contribution >= 0.6 is 0 Å². The highest BCUT2D eigenvalue weighted by Crippen LogP contribution is 2.32. The number of benzene rings is 1. The Bertz CT molecular complexity index is 803. The molecule has 6 nitrogen and oxygen atoms in total. The molecule has 0 radical (unpaired) electrons. The van der Waals surface area contributed by atoms with Crippen LogP contribution in [0.2, 0.25) is 0 Å². The van der Waals surface area contributed by atoms with Gasteiger partial charge < -0.3 is 14.5 Å². The molecular formula is C16H14N4O2. The summed E-state index contributed by atoms with van der Waals surface area (Å²) in [5.74, 6) is 2.29. The van der Waals surface area contributed by atoms with E-state index in [4.69, 9.17) is 9.15 Å². The molecule has 2 aromatic heterocycles. The second-order valence-electron chi connectivity index (χ2n) is 4.93. The molecule has 0 fully saturated rings. The second kappa shape index (κ2) is 5.07. The number of fused-ring (bicyclic) bond motifs is 1. The van der Waals surface area contributed by atoms with Crippen molar-refractivity contribution in [3.63, 3.8) is 0 Å². The van der Waals surface area contributed by atoms with Gasteiger partial charge in [0.05, 0.1) is 19.1 Å². The SMILES string of the molecule is COc1ccc([C@H]2C=C(c3ccco3)Nc3ncnn32)cc1. The van der Waals surface area contributed by atoms with Crippen LogP contribution in [0.3, 0.4) is 0 Å². The topological polar surface area (TPSA) is 65.1 Å². The Morgan fingerprint density at radius 3 is 2.82 bits per heavy atom. The Morgan fingerprint density at radius 2 is 2.09 bits per heavy atom. The maximum absolute atomic E-state index is 5.48. The molecule has 3 aromatic rings. The van der Waals surface area contributed by atoms with Crippen LogP contribution in [0.15, 0.2) is 59.5 Å². The largest absolute Gasteiger partial charge is 0.497 e. The van der Waals surface area contributed by atoms with Crippen molar-refractivity contribution in [3.8, 4) is 5.75 Å². The van der Waals surface area contributed by atoms with Crippen LogP contribution in [0.25, 0.3) is 5.70 Å². The van der Waals surface area contributed by atoms with Crippen LogP contribution in [0.1, 0.15) is 17.4 Å². The van der Waals surface area contributed by atoms with E-state index in [0.29, 0.717) is 5.95 Å². The first kappa shape index (κ1) is 12.7. The summed E-state index contributed by atoms with van der Waals surface area (Å²) in [5, 5.41) is 7.54. The number of aromatic nitrogens is 3. The summed E-state index contributed by atoms with van der Waals surface area (Å²) in [4.78, 5) is 4.26. The molecular weight excluding hydrogens is 280 g/mol. The number of nitrogens with one attached hydrogen (secondary N) is 1. The molecule has 110 valence electrons. The third kappa shape index (κ3) is 2.05. The van der Waals surface area contributed by atoms with Gasteiger partial charge in [-0.15, -0.1) is 0 Å². The van der Waals surface area contributed by atoms with Crippen LogP contribution in [0, 0.1) is 0 Å². The van der Waals surface area contributed by atoms with Gasteiger partial charge in [-0.25, -0.2) is 4.68 Å². The predicted molar refractivity (Wildman–Crippen MR) is 81.5 cm³/mol. The molecule has 1 aliphatic heterocycles. The average Bonchev–Trinajstić information content (AvgIpc) is 3.25. The average molecular weight is 294 g/mol. The van der Waals surface area contributed by atoms with Crippen LogP contribution < -0.4 is 10.1 Å². The molecule has 1 atom stereocenters. The predicted octanol–water partition coefficient (Wildman–Crippen LogP) is 2.94. The van der Waals surface area contributed by atoms with Crippen LogP contribution in [-0.2, 0) is 0 Å². The van der Waals surface area contributed by atoms with E-state index in [2.05, 4.69) is 21.5 Å². The minimum absolute atomic E-state index is 0.0512. The standard InChI is InChI=1S/C16H14N4O2/c1-21-12-6-4-11(5-7-12)14-9-13(15-3-2-8-22-15)19-16-17-10-18-20(14)16/h2-10,14H,1H3,(H,17,18,19)/t14-/m1/s1. The number of anilines is 1. The molecule has 0 unspecified atom stereocenters. The summed E-state index contributed by atoms with van der Waals surface area (Å²) in [6.07, 6.45) is 5.26. The van der Waals surface area contributed by atoms with Crippen LogP contribution in [-0.4, -0.2) is 21.9 Å². The fraction of sp³-hybridized carbons (Fsp3) is 0.125. The van der Waals surface area contributed by atoms with Gasteiger partial charge in [-0.1, -0.05) is 12.1 Å². The lowest BCUT2D eigenvalue weighted by atomic mass is 10.0. The number of hydrogen-bond donors (Lipinski definition) is 1. The third-order valence-electron chi connectivity index (χ3n) is 3.65. The first-order valence-corrected chi connectivity index (χ1v) is 6.91. The molecule has 0 bridgehead atoms. The zero-order valence-electron chi connectivity index (χ0n) is 11.9. The van der Waals surface area contributed by atoms with E-state index < -0.39 is 0 Å². The Kier molecular flexibility index (Phi) is 2.93. The summed E-state index contributed by atoms with van der Waals surface area (Å²) < 4.78 is 12.5. The highest BCUT2D eigenvalue weighted by molar-refractivity contribution is 5.74. The molecule has 0 aliphatic carbocycles. The first-order chi connectivity index (χ1) is 10.8. The molecule has 1 aromatic carbocycles. The van der Waals surface area contributed by atoms with Gasteiger partial charge in [0.25, 0.3) is 0 Å². The van der Waals surface area contributed by atoms with E-state index in [1.807, 2.05) is 41.1 Å². The molecule has 0 saturated heterocycles. The van der Waals surface area contributed by atoms with Gasteiger partial charge in [-0.2, -0.15) is 10.1 Å². The zero-order chi connectivity index (χ0) is 14.9. The Labute approximate surface area is 127 Å². The number of ether oxygens (including phenoxy) is 1. The maximum Gasteiger partial charge on any atom is 0.226 e. The minimum atomic E-state index is -0.0512. The second-order valence-corrected chi connectivity index (χ2v) is 4.93. The Balaban J connectivity index is 1.78. The molecule has 1 N–H and O–H groups in total. The molecule has 0 saturated carbocycles. The molecule has 4 rings (SSSR count). The van der Waals surface area contributed by atoms with E-state index in [-0.39, 0.29) is 6.04 Å². The Hall–Kier alpha value is -3.02. The molecule has 1 aliphatic rings. The van der Waals surface area contributed by atoms with Crippen molar-refractivity contribution in [2.45, 2.75) is 6.04 Å². The van der Waals surface area contributed by atoms with Gasteiger partial charge in [-0.3, -0.25) is 0 Å². The lowest BCUT2D eigenvalue weighted by Gasteiger charge is -2.23. The summed E-state index contributed by atoms with van der Waals surface area (Å²) in [5.41, 5.74) is 1.98. The molecule has 0 spiro atoms. The van der Waals surface area contributed by atoms with E-state index in [1.54, 1.807) is 13.4 Å². The maximum atomic E-state index is 5.48. The number of rotatable bonds is 3.